The highest BCUT2D eigenvalue weighted by molar-refractivity contribution is 7.19. The van der Waals surface area contributed by atoms with E-state index in [1.165, 1.54) is 12.4 Å². The largest absolute Gasteiger partial charge is 0.383 e. The minimum atomic E-state index is -0.402. The number of nitrogens with zero attached hydrogens (tertiary/aromatic N) is 4. The van der Waals surface area contributed by atoms with E-state index in [4.69, 9.17) is 17.3 Å². The van der Waals surface area contributed by atoms with Crippen LogP contribution in [0.4, 0.5) is 10.2 Å². The Morgan fingerprint density at radius 3 is 2.88 bits per heavy atom. The number of hydrogen-bond acceptors (Lipinski definition) is 7. The molecule has 9 heteroatoms. The zero-order valence-electron chi connectivity index (χ0n) is 17.2. The van der Waals surface area contributed by atoms with E-state index in [1.54, 1.807) is 17.4 Å². The number of aldehydes is 1. The molecule has 2 aromatic carbocycles. The SMILES string of the molecule is Nc1ncnc2cc(CN3CCN(Cc4cc5c(Cl)c(F)ccc5s4)CC3C=O)ccc12. The molecular formula is C23H21ClFN5OS. The molecule has 1 unspecified atom stereocenters. The average Bonchev–Trinajstić information content (AvgIpc) is 3.21. The second-order valence-electron chi connectivity index (χ2n) is 8.01. The predicted octanol–water partition coefficient (Wildman–Crippen LogP) is 4.10. The summed E-state index contributed by atoms with van der Waals surface area (Å²) in [6.45, 7) is 3.62. The molecule has 5 rings (SSSR count). The van der Waals surface area contributed by atoms with Gasteiger partial charge >= 0.3 is 0 Å². The Balaban J connectivity index is 1.28. The number of hydrogen-bond donors (Lipinski definition) is 1. The van der Waals surface area contributed by atoms with E-state index < -0.39 is 5.82 Å². The zero-order chi connectivity index (χ0) is 22.2. The number of fused-ring (bicyclic) bond motifs is 2. The van der Waals surface area contributed by atoms with Gasteiger partial charge in [0, 0.05) is 53.1 Å². The van der Waals surface area contributed by atoms with Gasteiger partial charge in [-0.2, -0.15) is 0 Å². The highest BCUT2D eigenvalue weighted by Crippen LogP contribution is 2.33. The monoisotopic (exact) mass is 469 g/mol. The maximum atomic E-state index is 13.7. The van der Waals surface area contributed by atoms with Crippen LogP contribution in [0.25, 0.3) is 21.0 Å². The van der Waals surface area contributed by atoms with E-state index in [-0.39, 0.29) is 11.1 Å². The molecule has 1 aliphatic rings. The average molecular weight is 470 g/mol. The first-order valence-corrected chi connectivity index (χ1v) is 11.5. The lowest BCUT2D eigenvalue weighted by Crippen LogP contribution is -2.52. The number of thiophene rings is 1. The molecule has 1 saturated heterocycles. The number of piperazine rings is 1. The zero-order valence-corrected chi connectivity index (χ0v) is 18.7. The third-order valence-corrected chi connectivity index (χ3v) is 7.38. The molecule has 0 radical (unpaired) electrons. The Kier molecular flexibility index (Phi) is 5.77. The van der Waals surface area contributed by atoms with E-state index in [0.717, 1.165) is 50.8 Å². The number of aromatic nitrogens is 2. The van der Waals surface area contributed by atoms with Crippen molar-refractivity contribution in [1.29, 1.82) is 0 Å². The van der Waals surface area contributed by atoms with Crippen molar-refractivity contribution in [2.24, 2.45) is 0 Å². The second-order valence-corrected chi connectivity index (χ2v) is 9.55. The molecule has 0 saturated carbocycles. The van der Waals surface area contributed by atoms with E-state index in [9.17, 15) is 9.18 Å². The smallest absolute Gasteiger partial charge is 0.142 e. The van der Waals surface area contributed by atoms with Gasteiger partial charge in [0.2, 0.25) is 0 Å². The fraction of sp³-hybridized carbons (Fsp3) is 0.261. The van der Waals surface area contributed by atoms with Crippen molar-refractivity contribution in [2.45, 2.75) is 19.1 Å². The normalized spacial score (nSPS) is 17.9. The Morgan fingerprint density at radius 1 is 1.16 bits per heavy atom. The third-order valence-electron chi connectivity index (χ3n) is 5.91. The van der Waals surface area contributed by atoms with Crippen LogP contribution in [-0.4, -0.2) is 51.7 Å². The molecule has 3 heterocycles. The van der Waals surface area contributed by atoms with Crippen LogP contribution in [0, 0.1) is 5.82 Å². The molecular weight excluding hydrogens is 449 g/mol. The van der Waals surface area contributed by atoms with Crippen molar-refractivity contribution in [3.63, 3.8) is 0 Å². The second kappa shape index (κ2) is 8.71. The van der Waals surface area contributed by atoms with Crippen molar-refractivity contribution < 1.29 is 9.18 Å². The van der Waals surface area contributed by atoms with E-state index in [2.05, 4.69) is 19.8 Å². The summed E-state index contributed by atoms with van der Waals surface area (Å²) in [4.78, 5) is 25.8. The Labute approximate surface area is 193 Å². The van der Waals surface area contributed by atoms with Gasteiger partial charge in [0.15, 0.2) is 0 Å². The van der Waals surface area contributed by atoms with Crippen molar-refractivity contribution >= 4 is 56.0 Å². The van der Waals surface area contributed by atoms with Crippen LogP contribution in [0.15, 0.2) is 42.7 Å². The van der Waals surface area contributed by atoms with E-state index in [0.29, 0.717) is 25.5 Å². The van der Waals surface area contributed by atoms with Gasteiger partial charge in [-0.15, -0.1) is 11.3 Å². The molecule has 4 aromatic rings. The fourth-order valence-corrected chi connectivity index (χ4v) is 5.62. The number of rotatable bonds is 5. The molecule has 0 bridgehead atoms. The molecule has 32 heavy (non-hydrogen) atoms. The molecule has 2 aromatic heterocycles. The number of benzene rings is 2. The number of carbonyl (C=O) groups excluding carboxylic acids is 1. The molecule has 0 aliphatic carbocycles. The summed E-state index contributed by atoms with van der Waals surface area (Å²) in [6, 6.07) is 10.9. The van der Waals surface area contributed by atoms with Crippen LogP contribution in [0.5, 0.6) is 0 Å². The number of nitrogens with two attached hydrogens (primary N) is 1. The lowest BCUT2D eigenvalue weighted by molar-refractivity contribution is -0.115. The molecule has 164 valence electrons. The standard InChI is InChI=1S/C23H21ClFN5OS/c24-22-18-8-16(32-21(18)4-3-19(22)25)11-29-5-6-30(15(10-29)12-31)9-14-1-2-17-20(7-14)27-13-28-23(17)26/h1-4,7-8,12-13,15H,5-6,9-11H2,(H2,26,27,28). The number of halogens is 2. The minimum absolute atomic E-state index is 0.169. The lowest BCUT2D eigenvalue weighted by Gasteiger charge is -2.38. The summed E-state index contributed by atoms with van der Waals surface area (Å²) in [6.07, 6.45) is 2.48. The number of nitrogen functional groups attached to an aromatic ring is 1. The van der Waals surface area contributed by atoms with Crippen molar-refractivity contribution in [2.75, 3.05) is 25.4 Å². The minimum Gasteiger partial charge on any atom is -0.383 e. The molecule has 0 spiro atoms. The van der Waals surface area contributed by atoms with Crippen LogP contribution < -0.4 is 5.73 Å². The maximum absolute atomic E-state index is 13.7. The molecule has 0 amide bonds. The van der Waals surface area contributed by atoms with Crippen molar-refractivity contribution in [1.82, 2.24) is 19.8 Å². The summed E-state index contributed by atoms with van der Waals surface area (Å²) >= 11 is 7.73. The maximum Gasteiger partial charge on any atom is 0.142 e. The number of anilines is 1. The molecule has 1 atom stereocenters. The molecule has 1 aliphatic heterocycles. The summed E-state index contributed by atoms with van der Waals surface area (Å²) < 4.78 is 14.7. The van der Waals surface area contributed by atoms with Gasteiger partial charge in [-0.05, 0) is 35.9 Å². The van der Waals surface area contributed by atoms with Crippen LogP contribution >= 0.6 is 22.9 Å². The highest BCUT2D eigenvalue weighted by Gasteiger charge is 2.27. The van der Waals surface area contributed by atoms with Crippen LogP contribution in [0.3, 0.4) is 0 Å². The Hall–Kier alpha value is -2.65. The number of carbonyl (C=O) groups is 1. The van der Waals surface area contributed by atoms with Gasteiger partial charge in [0.1, 0.15) is 24.2 Å². The molecule has 6 nitrogen and oxygen atoms in total. The summed E-state index contributed by atoms with van der Waals surface area (Å²) in [5.74, 6) is 0.0622. The summed E-state index contributed by atoms with van der Waals surface area (Å²) in [7, 11) is 0. The predicted molar refractivity (Wildman–Crippen MR) is 126 cm³/mol. The van der Waals surface area contributed by atoms with Gasteiger partial charge < -0.3 is 10.5 Å². The lowest BCUT2D eigenvalue weighted by atomic mass is 10.1. The quantitative estimate of drug-likeness (QED) is 0.443. The van der Waals surface area contributed by atoms with Gasteiger partial charge in [-0.3, -0.25) is 9.80 Å². The van der Waals surface area contributed by atoms with Crippen LogP contribution in [-0.2, 0) is 17.9 Å². The first-order chi connectivity index (χ1) is 15.5. The first kappa shape index (κ1) is 21.2. The molecule has 1 fully saturated rings. The highest BCUT2D eigenvalue weighted by atomic mass is 35.5. The van der Waals surface area contributed by atoms with Crippen molar-refractivity contribution in [3.8, 4) is 0 Å². The fourth-order valence-electron chi connectivity index (χ4n) is 4.23. The van der Waals surface area contributed by atoms with E-state index in [1.807, 2.05) is 24.3 Å². The summed E-state index contributed by atoms with van der Waals surface area (Å²) in [5, 5.41) is 1.75. The Bertz CT molecular complexity index is 1310. The van der Waals surface area contributed by atoms with Gasteiger partial charge in [0.05, 0.1) is 16.6 Å². The van der Waals surface area contributed by atoms with Crippen LogP contribution in [0.2, 0.25) is 5.02 Å². The van der Waals surface area contributed by atoms with Crippen molar-refractivity contribution in [3.05, 3.63) is 64.0 Å². The van der Waals surface area contributed by atoms with Gasteiger partial charge in [-0.1, -0.05) is 17.7 Å². The van der Waals surface area contributed by atoms with Gasteiger partial charge in [-0.25, -0.2) is 14.4 Å². The van der Waals surface area contributed by atoms with E-state index >= 15 is 0 Å². The Morgan fingerprint density at radius 2 is 2.03 bits per heavy atom. The van der Waals surface area contributed by atoms with Gasteiger partial charge in [0.25, 0.3) is 0 Å². The third kappa shape index (κ3) is 4.06. The molecule has 2 N–H and O–H groups in total. The van der Waals surface area contributed by atoms with Crippen LogP contribution in [0.1, 0.15) is 10.4 Å². The first-order valence-electron chi connectivity index (χ1n) is 10.3. The topological polar surface area (TPSA) is 75.3 Å². The summed E-state index contributed by atoms with van der Waals surface area (Å²) in [5.41, 5.74) is 7.80.